The lowest BCUT2D eigenvalue weighted by molar-refractivity contribution is 0.500. The number of aromatic nitrogens is 5. The molecule has 3 heterocycles. The average molecular weight is 315 g/mol. The van der Waals surface area contributed by atoms with Crippen LogP contribution < -0.4 is 16.1 Å². The first-order valence-electron chi connectivity index (χ1n) is 7.33. The Kier molecular flexibility index (Phi) is 3.73. The summed E-state index contributed by atoms with van der Waals surface area (Å²) in [7, 11) is 2.97. The van der Waals surface area contributed by atoms with Gasteiger partial charge in [-0.15, -0.1) is 0 Å². The Morgan fingerprint density at radius 3 is 2.78 bits per heavy atom. The van der Waals surface area contributed by atoms with Crippen molar-refractivity contribution in [3.05, 3.63) is 39.1 Å². The molecule has 0 radical (unpaired) electrons. The van der Waals surface area contributed by atoms with Crippen molar-refractivity contribution >= 4 is 5.82 Å². The van der Waals surface area contributed by atoms with Crippen LogP contribution in [0.5, 0.6) is 0 Å². The van der Waals surface area contributed by atoms with Gasteiger partial charge in [-0.25, -0.2) is 9.78 Å². The molecule has 3 rings (SSSR count). The highest BCUT2D eigenvalue weighted by Gasteiger charge is 2.30. The van der Waals surface area contributed by atoms with Crippen LogP contribution >= 0.6 is 0 Å². The van der Waals surface area contributed by atoms with E-state index in [0.29, 0.717) is 18.9 Å². The Balaban J connectivity index is 2.09. The van der Waals surface area contributed by atoms with Gasteiger partial charge in [-0.1, -0.05) is 0 Å². The van der Waals surface area contributed by atoms with E-state index in [-0.39, 0.29) is 11.6 Å². The number of nitrogens with zero attached hydrogens (tertiary/aromatic N) is 7. The Bertz CT molecular complexity index is 872. The SMILES string of the molecule is Cn1c(N2CCC[C@H]2Cn2cncn2)c(C#N)c(=O)n(C)c1=O. The van der Waals surface area contributed by atoms with Gasteiger partial charge in [0, 0.05) is 20.6 Å². The summed E-state index contributed by atoms with van der Waals surface area (Å²) in [5.41, 5.74) is -0.993. The van der Waals surface area contributed by atoms with E-state index in [2.05, 4.69) is 10.1 Å². The molecule has 2 aromatic heterocycles. The largest absolute Gasteiger partial charge is 0.352 e. The van der Waals surface area contributed by atoms with Gasteiger partial charge in [0.05, 0.1) is 12.6 Å². The predicted molar refractivity (Wildman–Crippen MR) is 82.0 cm³/mol. The van der Waals surface area contributed by atoms with Crippen molar-refractivity contribution in [2.24, 2.45) is 14.1 Å². The van der Waals surface area contributed by atoms with Crippen LogP contribution in [0.4, 0.5) is 5.82 Å². The fourth-order valence-corrected chi connectivity index (χ4v) is 3.11. The maximum atomic E-state index is 12.2. The minimum absolute atomic E-state index is 0.0000836. The highest BCUT2D eigenvalue weighted by Crippen LogP contribution is 2.26. The molecular weight excluding hydrogens is 298 g/mol. The molecule has 0 unspecified atom stereocenters. The van der Waals surface area contributed by atoms with Crippen molar-refractivity contribution in [1.82, 2.24) is 23.9 Å². The molecule has 23 heavy (non-hydrogen) atoms. The van der Waals surface area contributed by atoms with E-state index >= 15 is 0 Å². The zero-order valence-corrected chi connectivity index (χ0v) is 13.0. The second-order valence-corrected chi connectivity index (χ2v) is 5.62. The van der Waals surface area contributed by atoms with E-state index in [1.807, 2.05) is 11.0 Å². The van der Waals surface area contributed by atoms with E-state index in [0.717, 1.165) is 17.4 Å². The molecule has 0 amide bonds. The van der Waals surface area contributed by atoms with Crippen molar-refractivity contribution in [2.45, 2.75) is 25.4 Å². The van der Waals surface area contributed by atoms with Crippen molar-refractivity contribution in [3.8, 4) is 6.07 Å². The molecule has 0 saturated carbocycles. The molecule has 0 N–H and O–H groups in total. The summed E-state index contributed by atoms with van der Waals surface area (Å²) in [5.74, 6) is 0.392. The molecule has 1 saturated heterocycles. The Hall–Kier alpha value is -2.89. The van der Waals surface area contributed by atoms with Crippen molar-refractivity contribution in [2.75, 3.05) is 11.4 Å². The maximum absolute atomic E-state index is 12.2. The molecule has 0 aromatic carbocycles. The van der Waals surface area contributed by atoms with E-state index in [1.165, 1.54) is 17.9 Å². The topological polar surface area (TPSA) is 102 Å². The molecule has 9 heteroatoms. The van der Waals surface area contributed by atoms with Gasteiger partial charge in [-0.3, -0.25) is 18.6 Å². The second kappa shape index (κ2) is 5.72. The van der Waals surface area contributed by atoms with E-state index in [1.54, 1.807) is 18.1 Å². The van der Waals surface area contributed by atoms with Gasteiger partial charge in [0.1, 0.15) is 24.5 Å². The molecule has 0 bridgehead atoms. The minimum Gasteiger partial charge on any atom is -0.352 e. The zero-order chi connectivity index (χ0) is 16.6. The second-order valence-electron chi connectivity index (χ2n) is 5.62. The Labute approximate surface area is 132 Å². The number of hydrogen-bond donors (Lipinski definition) is 0. The van der Waals surface area contributed by atoms with Gasteiger partial charge >= 0.3 is 5.69 Å². The molecule has 0 aliphatic carbocycles. The number of nitriles is 1. The number of rotatable bonds is 3. The molecular formula is C14H17N7O2. The van der Waals surface area contributed by atoms with Crippen LogP contribution in [0.3, 0.4) is 0 Å². The van der Waals surface area contributed by atoms with Crippen LogP contribution in [0.2, 0.25) is 0 Å². The summed E-state index contributed by atoms with van der Waals surface area (Å²) in [5, 5.41) is 13.5. The van der Waals surface area contributed by atoms with Crippen LogP contribution in [0.15, 0.2) is 22.2 Å². The number of anilines is 1. The first-order chi connectivity index (χ1) is 11.0. The third-order valence-corrected chi connectivity index (χ3v) is 4.26. The average Bonchev–Trinajstić information content (AvgIpc) is 3.21. The molecule has 120 valence electrons. The van der Waals surface area contributed by atoms with Gasteiger partial charge in [0.2, 0.25) is 0 Å². The van der Waals surface area contributed by atoms with Gasteiger partial charge in [0.15, 0.2) is 5.56 Å². The summed E-state index contributed by atoms with van der Waals surface area (Å²) >= 11 is 0. The summed E-state index contributed by atoms with van der Waals surface area (Å²) in [6.45, 7) is 1.28. The molecule has 2 aromatic rings. The summed E-state index contributed by atoms with van der Waals surface area (Å²) in [6, 6.07) is 2.02. The lowest BCUT2D eigenvalue weighted by atomic mass is 10.2. The number of hydrogen-bond acceptors (Lipinski definition) is 6. The third kappa shape index (κ3) is 2.42. The van der Waals surface area contributed by atoms with Crippen LogP contribution in [0.25, 0.3) is 0 Å². The lowest BCUT2D eigenvalue weighted by Gasteiger charge is -2.28. The van der Waals surface area contributed by atoms with Gasteiger partial charge in [-0.2, -0.15) is 10.4 Å². The van der Waals surface area contributed by atoms with E-state index in [9.17, 15) is 14.9 Å². The molecule has 0 spiro atoms. The fraction of sp³-hybridized carbons (Fsp3) is 0.500. The first-order valence-corrected chi connectivity index (χ1v) is 7.33. The van der Waals surface area contributed by atoms with Crippen molar-refractivity contribution in [1.29, 1.82) is 5.26 Å². The van der Waals surface area contributed by atoms with Crippen LogP contribution in [-0.2, 0) is 20.6 Å². The molecule has 1 atom stereocenters. The fourth-order valence-electron chi connectivity index (χ4n) is 3.11. The lowest BCUT2D eigenvalue weighted by Crippen LogP contribution is -2.44. The Morgan fingerprint density at radius 1 is 1.35 bits per heavy atom. The monoisotopic (exact) mass is 315 g/mol. The molecule has 1 aliphatic rings. The summed E-state index contributed by atoms with van der Waals surface area (Å²) in [6.07, 6.45) is 4.92. The minimum atomic E-state index is -0.558. The maximum Gasteiger partial charge on any atom is 0.332 e. The quantitative estimate of drug-likeness (QED) is 0.736. The molecule has 9 nitrogen and oxygen atoms in total. The van der Waals surface area contributed by atoms with Gasteiger partial charge in [-0.05, 0) is 12.8 Å². The molecule has 1 aliphatic heterocycles. The molecule has 1 fully saturated rings. The normalized spacial score (nSPS) is 17.4. The summed E-state index contributed by atoms with van der Waals surface area (Å²) in [4.78, 5) is 30.4. The highest BCUT2D eigenvalue weighted by atomic mass is 16.2. The third-order valence-electron chi connectivity index (χ3n) is 4.26. The first kappa shape index (κ1) is 15.0. The highest BCUT2D eigenvalue weighted by molar-refractivity contribution is 5.54. The Morgan fingerprint density at radius 2 is 2.13 bits per heavy atom. The summed E-state index contributed by atoms with van der Waals surface area (Å²) < 4.78 is 4.05. The van der Waals surface area contributed by atoms with Crippen molar-refractivity contribution < 1.29 is 0 Å². The van der Waals surface area contributed by atoms with Crippen LogP contribution in [0.1, 0.15) is 18.4 Å². The zero-order valence-electron chi connectivity index (χ0n) is 13.0. The van der Waals surface area contributed by atoms with Gasteiger partial charge < -0.3 is 4.90 Å². The van der Waals surface area contributed by atoms with E-state index < -0.39 is 11.2 Å². The predicted octanol–water partition coefficient (Wildman–Crippen LogP) is -0.784. The standard InChI is InChI=1S/C14H17N7O2/c1-18-12(11(6-15)13(22)19(2)14(18)23)21-5-3-4-10(21)7-20-9-16-8-17-20/h8-10H,3-5,7H2,1-2H3/t10-/m0/s1. The van der Waals surface area contributed by atoms with Crippen molar-refractivity contribution in [3.63, 3.8) is 0 Å². The van der Waals surface area contributed by atoms with Crippen LogP contribution in [-0.4, -0.2) is 36.5 Å². The van der Waals surface area contributed by atoms with Gasteiger partial charge in [0.25, 0.3) is 5.56 Å². The smallest absolute Gasteiger partial charge is 0.332 e. The van der Waals surface area contributed by atoms with Crippen LogP contribution in [0, 0.1) is 11.3 Å². The van der Waals surface area contributed by atoms with E-state index in [4.69, 9.17) is 0 Å².